The molecule has 1 unspecified atom stereocenters. The first-order chi connectivity index (χ1) is 21.9. The van der Waals surface area contributed by atoms with E-state index in [1.165, 1.54) is 76.3 Å². The standard InChI is InChI=1S/C39H51FO5/c1-4-6-7-8-9-10-11-12-13-14-15-16-27-43-37-26-23-34(28-36(37)40)39(42)45-35-24-21-32(22-25-35)31-17-19-33(20-18-31)38(41)44-29-30(3)5-2/h17-26,28,30H,4-16,27,29H2,1-3H3. The Bertz CT molecular complexity index is 1290. The zero-order valence-corrected chi connectivity index (χ0v) is 27.5. The Hall–Kier alpha value is -3.67. The summed E-state index contributed by atoms with van der Waals surface area (Å²) < 4.78 is 31.1. The number of halogens is 1. The first kappa shape index (κ1) is 35.8. The SMILES string of the molecule is CCCCCCCCCCCCCCOc1ccc(C(=O)Oc2ccc(-c3ccc(C(=O)OCC(C)CC)cc3)cc2)cc1F. The number of unbranched alkanes of at least 4 members (excludes halogenated alkanes) is 11. The van der Waals surface area contributed by atoms with Gasteiger partial charge in [0.2, 0.25) is 0 Å². The Labute approximate surface area is 269 Å². The minimum atomic E-state index is -0.644. The van der Waals surface area contributed by atoms with Crippen LogP contribution in [0.2, 0.25) is 0 Å². The van der Waals surface area contributed by atoms with E-state index < -0.39 is 11.8 Å². The zero-order chi connectivity index (χ0) is 32.3. The largest absolute Gasteiger partial charge is 0.491 e. The van der Waals surface area contributed by atoms with Gasteiger partial charge in [-0.2, -0.15) is 0 Å². The third-order valence-electron chi connectivity index (χ3n) is 8.14. The molecule has 0 heterocycles. The van der Waals surface area contributed by atoms with Gasteiger partial charge in [0.15, 0.2) is 11.6 Å². The van der Waals surface area contributed by atoms with E-state index in [-0.39, 0.29) is 17.3 Å². The van der Waals surface area contributed by atoms with Gasteiger partial charge in [0.1, 0.15) is 5.75 Å². The molecule has 0 amide bonds. The molecule has 0 fully saturated rings. The number of carbonyl (C=O) groups excluding carboxylic acids is 2. The monoisotopic (exact) mass is 618 g/mol. The van der Waals surface area contributed by atoms with Crippen molar-refractivity contribution in [1.29, 1.82) is 0 Å². The second-order valence-corrected chi connectivity index (χ2v) is 12.0. The molecular formula is C39H51FO5. The molecule has 0 aromatic heterocycles. The Balaban J connectivity index is 1.37. The van der Waals surface area contributed by atoms with Crippen LogP contribution in [0.15, 0.2) is 66.7 Å². The summed E-state index contributed by atoms with van der Waals surface area (Å²) in [7, 11) is 0. The van der Waals surface area contributed by atoms with E-state index in [9.17, 15) is 14.0 Å². The van der Waals surface area contributed by atoms with Crippen molar-refractivity contribution in [3.8, 4) is 22.6 Å². The molecule has 3 aromatic rings. The van der Waals surface area contributed by atoms with Gasteiger partial charge in [0.25, 0.3) is 0 Å². The minimum absolute atomic E-state index is 0.116. The molecule has 0 aliphatic rings. The summed E-state index contributed by atoms with van der Waals surface area (Å²) in [6, 6.07) is 18.4. The summed E-state index contributed by atoms with van der Waals surface area (Å²) in [6.45, 7) is 7.21. The van der Waals surface area contributed by atoms with Crippen LogP contribution in [0.5, 0.6) is 11.5 Å². The molecule has 0 saturated heterocycles. The van der Waals surface area contributed by atoms with Crippen molar-refractivity contribution in [3.05, 3.63) is 83.7 Å². The van der Waals surface area contributed by atoms with Crippen LogP contribution in [0.1, 0.15) is 125 Å². The summed E-state index contributed by atoms with van der Waals surface area (Å²) in [4.78, 5) is 24.9. The Morgan fingerprint density at radius 3 is 1.76 bits per heavy atom. The van der Waals surface area contributed by atoms with Crippen molar-refractivity contribution >= 4 is 11.9 Å². The van der Waals surface area contributed by atoms with Crippen molar-refractivity contribution in [3.63, 3.8) is 0 Å². The minimum Gasteiger partial charge on any atom is -0.491 e. The van der Waals surface area contributed by atoms with Gasteiger partial charge in [-0.05, 0) is 65.9 Å². The lowest BCUT2D eigenvalue weighted by Crippen LogP contribution is -2.11. The predicted octanol–water partition coefficient (Wildman–Crippen LogP) is 11.0. The van der Waals surface area contributed by atoms with Crippen molar-refractivity contribution in [2.75, 3.05) is 13.2 Å². The van der Waals surface area contributed by atoms with Gasteiger partial charge in [0.05, 0.1) is 24.3 Å². The normalized spacial score (nSPS) is 11.6. The molecule has 3 rings (SSSR count). The van der Waals surface area contributed by atoms with Gasteiger partial charge in [0, 0.05) is 0 Å². The topological polar surface area (TPSA) is 61.8 Å². The number of ether oxygens (including phenoxy) is 3. The van der Waals surface area contributed by atoms with Gasteiger partial charge in [-0.1, -0.05) is 122 Å². The quantitative estimate of drug-likeness (QED) is 0.0675. The highest BCUT2D eigenvalue weighted by Crippen LogP contribution is 2.25. The smallest absolute Gasteiger partial charge is 0.343 e. The Morgan fingerprint density at radius 1 is 0.667 bits per heavy atom. The van der Waals surface area contributed by atoms with Crippen LogP contribution in [0.4, 0.5) is 4.39 Å². The van der Waals surface area contributed by atoms with Gasteiger partial charge in [-0.25, -0.2) is 14.0 Å². The van der Waals surface area contributed by atoms with Crippen LogP contribution in [0.3, 0.4) is 0 Å². The molecule has 45 heavy (non-hydrogen) atoms. The van der Waals surface area contributed by atoms with Crippen LogP contribution in [-0.4, -0.2) is 25.2 Å². The van der Waals surface area contributed by atoms with E-state index in [1.807, 2.05) is 31.2 Å². The molecule has 0 aliphatic heterocycles. The molecule has 0 saturated carbocycles. The zero-order valence-electron chi connectivity index (χ0n) is 27.5. The predicted molar refractivity (Wildman–Crippen MR) is 180 cm³/mol. The first-order valence-electron chi connectivity index (χ1n) is 16.9. The highest BCUT2D eigenvalue weighted by atomic mass is 19.1. The number of hydrogen-bond donors (Lipinski definition) is 0. The first-order valence-corrected chi connectivity index (χ1v) is 16.9. The highest BCUT2D eigenvalue weighted by Gasteiger charge is 2.14. The molecule has 6 heteroatoms. The number of hydrogen-bond acceptors (Lipinski definition) is 5. The van der Waals surface area contributed by atoms with Gasteiger partial charge in [-0.15, -0.1) is 0 Å². The molecule has 1 atom stereocenters. The number of carbonyl (C=O) groups is 2. The second-order valence-electron chi connectivity index (χ2n) is 12.0. The fourth-order valence-electron chi connectivity index (χ4n) is 4.97. The Kier molecular flexibility index (Phi) is 16.2. The summed E-state index contributed by atoms with van der Waals surface area (Å²) in [5, 5.41) is 0. The van der Waals surface area contributed by atoms with Crippen LogP contribution in [-0.2, 0) is 4.74 Å². The molecule has 0 N–H and O–H groups in total. The maximum absolute atomic E-state index is 14.6. The number of esters is 2. The lowest BCUT2D eigenvalue weighted by Gasteiger charge is -2.10. The molecule has 244 valence electrons. The fraction of sp³-hybridized carbons (Fsp3) is 0.487. The van der Waals surface area contributed by atoms with Crippen molar-refractivity contribution in [2.45, 2.75) is 104 Å². The third kappa shape index (κ3) is 13.1. The molecular weight excluding hydrogens is 567 g/mol. The van der Waals surface area contributed by atoms with Crippen LogP contribution < -0.4 is 9.47 Å². The van der Waals surface area contributed by atoms with E-state index in [2.05, 4.69) is 13.8 Å². The molecule has 5 nitrogen and oxygen atoms in total. The fourth-order valence-corrected chi connectivity index (χ4v) is 4.97. The number of rotatable bonds is 21. The van der Waals surface area contributed by atoms with E-state index in [0.29, 0.717) is 30.4 Å². The van der Waals surface area contributed by atoms with E-state index in [4.69, 9.17) is 14.2 Å². The third-order valence-corrected chi connectivity index (χ3v) is 8.14. The van der Waals surface area contributed by atoms with Gasteiger partial charge >= 0.3 is 11.9 Å². The van der Waals surface area contributed by atoms with Crippen molar-refractivity contribution in [2.24, 2.45) is 5.92 Å². The number of benzene rings is 3. The molecule has 0 radical (unpaired) electrons. The average Bonchev–Trinajstić information content (AvgIpc) is 3.06. The van der Waals surface area contributed by atoms with Crippen LogP contribution in [0.25, 0.3) is 11.1 Å². The van der Waals surface area contributed by atoms with Crippen molar-refractivity contribution < 1.29 is 28.2 Å². The maximum atomic E-state index is 14.6. The maximum Gasteiger partial charge on any atom is 0.343 e. The van der Waals surface area contributed by atoms with E-state index >= 15 is 0 Å². The molecule has 3 aromatic carbocycles. The lowest BCUT2D eigenvalue weighted by molar-refractivity contribution is 0.0447. The summed E-state index contributed by atoms with van der Waals surface area (Å²) in [6.07, 6.45) is 16.0. The van der Waals surface area contributed by atoms with Crippen LogP contribution >= 0.6 is 0 Å². The van der Waals surface area contributed by atoms with Gasteiger partial charge in [-0.3, -0.25) is 0 Å². The molecule has 0 aliphatic carbocycles. The molecule has 0 spiro atoms. The molecule has 0 bridgehead atoms. The summed E-state index contributed by atoms with van der Waals surface area (Å²) >= 11 is 0. The second kappa shape index (κ2) is 20.4. The lowest BCUT2D eigenvalue weighted by atomic mass is 10.0. The van der Waals surface area contributed by atoms with Crippen LogP contribution in [0, 0.1) is 11.7 Å². The highest BCUT2D eigenvalue weighted by molar-refractivity contribution is 5.91. The summed E-state index contributed by atoms with van der Waals surface area (Å²) in [5.41, 5.74) is 2.42. The van der Waals surface area contributed by atoms with Crippen molar-refractivity contribution in [1.82, 2.24) is 0 Å². The average molecular weight is 619 g/mol. The van der Waals surface area contributed by atoms with E-state index in [1.54, 1.807) is 24.3 Å². The Morgan fingerprint density at radius 2 is 1.20 bits per heavy atom. The van der Waals surface area contributed by atoms with E-state index in [0.717, 1.165) is 36.5 Å². The summed E-state index contributed by atoms with van der Waals surface area (Å²) in [5.74, 6) is -0.734. The van der Waals surface area contributed by atoms with Gasteiger partial charge < -0.3 is 14.2 Å².